The number of nitrogens with one attached hydrogen (secondary N) is 1. The number of rotatable bonds is 3. The quantitative estimate of drug-likeness (QED) is 0.819. The van der Waals surface area contributed by atoms with Crippen molar-refractivity contribution < 1.29 is 18.4 Å². The number of anilines is 1. The van der Waals surface area contributed by atoms with E-state index in [9.17, 15) is 18.4 Å². The molecule has 31 heavy (non-hydrogen) atoms. The van der Waals surface area contributed by atoms with Crippen molar-refractivity contribution in [2.24, 2.45) is 13.0 Å². The number of carbonyl (C=O) groups excluding carboxylic acids is 2. The van der Waals surface area contributed by atoms with Crippen LogP contribution in [0.1, 0.15) is 28.9 Å². The number of aromatic nitrogens is 2. The van der Waals surface area contributed by atoms with Gasteiger partial charge < -0.3 is 15.1 Å². The minimum absolute atomic E-state index is 0.0533. The number of halogens is 2. The van der Waals surface area contributed by atoms with E-state index in [1.165, 1.54) is 11.0 Å². The van der Waals surface area contributed by atoms with E-state index in [0.717, 1.165) is 35.0 Å². The van der Waals surface area contributed by atoms with Gasteiger partial charge in [-0.1, -0.05) is 6.08 Å². The van der Waals surface area contributed by atoms with Crippen molar-refractivity contribution in [2.45, 2.75) is 32.9 Å². The zero-order valence-electron chi connectivity index (χ0n) is 17.6. The number of hydrogen-bond acceptors (Lipinski definition) is 3. The van der Waals surface area contributed by atoms with Crippen LogP contribution in [0.25, 0.3) is 5.57 Å². The van der Waals surface area contributed by atoms with Crippen LogP contribution in [0, 0.1) is 31.4 Å². The Bertz CT molecular complexity index is 1160. The van der Waals surface area contributed by atoms with Crippen molar-refractivity contribution in [1.29, 1.82) is 0 Å². The van der Waals surface area contributed by atoms with E-state index in [-0.39, 0.29) is 42.2 Å². The second-order valence-corrected chi connectivity index (χ2v) is 8.52. The number of carbonyl (C=O) groups is 2. The van der Waals surface area contributed by atoms with Crippen LogP contribution < -0.4 is 5.32 Å². The van der Waals surface area contributed by atoms with Gasteiger partial charge in [0.2, 0.25) is 5.91 Å². The zero-order chi connectivity index (χ0) is 22.0. The van der Waals surface area contributed by atoms with Crippen LogP contribution in [0.2, 0.25) is 0 Å². The summed E-state index contributed by atoms with van der Waals surface area (Å²) in [5.74, 6) is -1.91. The van der Waals surface area contributed by atoms with Gasteiger partial charge in [0.05, 0.1) is 24.0 Å². The molecule has 0 unspecified atom stereocenters. The molecule has 1 N–H and O–H groups in total. The van der Waals surface area contributed by atoms with Crippen LogP contribution >= 0.6 is 0 Å². The van der Waals surface area contributed by atoms with Crippen LogP contribution in [0.5, 0.6) is 0 Å². The van der Waals surface area contributed by atoms with Crippen molar-refractivity contribution in [3.63, 3.8) is 0 Å². The highest BCUT2D eigenvalue weighted by molar-refractivity contribution is 5.95. The molecule has 1 fully saturated rings. The van der Waals surface area contributed by atoms with Gasteiger partial charge in [0, 0.05) is 30.4 Å². The van der Waals surface area contributed by atoms with Crippen molar-refractivity contribution >= 4 is 23.2 Å². The molecule has 9 heteroatoms. The summed E-state index contributed by atoms with van der Waals surface area (Å²) in [4.78, 5) is 28.6. The zero-order valence-corrected chi connectivity index (χ0v) is 17.6. The number of urea groups is 1. The predicted molar refractivity (Wildman–Crippen MR) is 110 cm³/mol. The first-order chi connectivity index (χ1) is 14.7. The summed E-state index contributed by atoms with van der Waals surface area (Å²) in [5, 5.41) is 7.04. The van der Waals surface area contributed by atoms with Crippen molar-refractivity contribution in [1.82, 2.24) is 19.6 Å². The normalized spacial score (nSPS) is 22.0. The van der Waals surface area contributed by atoms with Crippen LogP contribution in [0.4, 0.5) is 19.3 Å². The smallest absolute Gasteiger partial charge is 0.322 e. The van der Waals surface area contributed by atoms with Crippen molar-refractivity contribution in [3.8, 4) is 0 Å². The minimum Gasteiger partial charge on any atom is -0.333 e. The third kappa shape index (κ3) is 3.02. The van der Waals surface area contributed by atoms with E-state index in [1.807, 2.05) is 25.6 Å². The molecule has 2 atom stereocenters. The van der Waals surface area contributed by atoms with Gasteiger partial charge in [-0.25, -0.2) is 13.6 Å². The van der Waals surface area contributed by atoms with Crippen LogP contribution in [-0.4, -0.2) is 50.6 Å². The van der Waals surface area contributed by atoms with E-state index < -0.39 is 17.7 Å². The minimum atomic E-state index is -0.997. The molecule has 1 aromatic carbocycles. The number of fused-ring (bicyclic) bond motifs is 3. The molecule has 2 aromatic rings. The topological polar surface area (TPSA) is 70.5 Å². The fourth-order valence-electron chi connectivity index (χ4n) is 5.07. The molecular formula is C22H23F2N5O2. The van der Waals surface area contributed by atoms with E-state index in [0.29, 0.717) is 6.54 Å². The molecule has 1 aromatic heterocycles. The highest BCUT2D eigenvalue weighted by Crippen LogP contribution is 2.43. The standard InChI is InChI=1S/C22H23F2N5O2/c1-11-20(12(2)27(3)26-11)14-6-13-7-18(14)29(8-13)19(30)10-28-9-15-17(25-22(28)31)5-4-16(23)21(15)24/h4-6,13,18H,7-10H2,1-3H3,(H,25,31)/t13-,18-/m0/s1. The summed E-state index contributed by atoms with van der Waals surface area (Å²) in [7, 11) is 1.90. The van der Waals surface area contributed by atoms with E-state index in [1.54, 1.807) is 4.90 Å². The first-order valence-electron chi connectivity index (χ1n) is 10.3. The third-order valence-corrected chi connectivity index (χ3v) is 6.63. The monoisotopic (exact) mass is 427 g/mol. The summed E-state index contributed by atoms with van der Waals surface area (Å²) < 4.78 is 29.7. The van der Waals surface area contributed by atoms with Crippen molar-refractivity contribution in [2.75, 3.05) is 18.4 Å². The molecule has 1 saturated heterocycles. The molecule has 0 saturated carbocycles. The average molecular weight is 427 g/mol. The van der Waals surface area contributed by atoms with Gasteiger partial charge in [0.15, 0.2) is 11.6 Å². The largest absolute Gasteiger partial charge is 0.333 e. The molecule has 162 valence electrons. The first kappa shape index (κ1) is 19.7. The molecule has 3 amide bonds. The Morgan fingerprint density at radius 2 is 2.06 bits per heavy atom. The van der Waals surface area contributed by atoms with Gasteiger partial charge in [-0.3, -0.25) is 9.48 Å². The lowest BCUT2D eigenvalue weighted by atomic mass is 9.98. The van der Waals surface area contributed by atoms with Crippen LogP contribution in [0.15, 0.2) is 18.2 Å². The summed E-state index contributed by atoms with van der Waals surface area (Å²) in [6.07, 6.45) is 3.08. The van der Waals surface area contributed by atoms with E-state index in [2.05, 4.69) is 16.5 Å². The molecule has 0 spiro atoms. The molecule has 0 radical (unpaired) electrons. The van der Waals surface area contributed by atoms with Crippen molar-refractivity contribution in [3.05, 3.63) is 52.4 Å². The molecule has 1 aliphatic carbocycles. The average Bonchev–Trinajstić information content (AvgIpc) is 3.39. The first-order valence-corrected chi connectivity index (χ1v) is 10.3. The maximum atomic E-state index is 14.2. The Labute approximate surface area is 178 Å². The Morgan fingerprint density at radius 3 is 2.74 bits per heavy atom. The maximum absolute atomic E-state index is 14.2. The van der Waals surface area contributed by atoms with Gasteiger partial charge in [-0.15, -0.1) is 0 Å². The highest BCUT2D eigenvalue weighted by atomic mass is 19.2. The fraction of sp³-hybridized carbons (Fsp3) is 0.409. The van der Waals surface area contributed by atoms with Gasteiger partial charge in [0.1, 0.15) is 6.54 Å². The predicted octanol–water partition coefficient (Wildman–Crippen LogP) is 2.98. The lowest BCUT2D eigenvalue weighted by molar-refractivity contribution is -0.132. The summed E-state index contributed by atoms with van der Waals surface area (Å²) in [5.41, 5.74) is 4.45. The maximum Gasteiger partial charge on any atom is 0.322 e. The molecule has 2 bridgehead atoms. The van der Waals surface area contributed by atoms with Crippen LogP contribution in [-0.2, 0) is 18.4 Å². The van der Waals surface area contributed by atoms with Gasteiger partial charge in [-0.05, 0) is 43.9 Å². The number of hydrogen-bond donors (Lipinski definition) is 1. The summed E-state index contributed by atoms with van der Waals surface area (Å²) >= 11 is 0. The number of benzene rings is 1. The summed E-state index contributed by atoms with van der Waals surface area (Å²) in [6, 6.07) is 1.76. The molecular weight excluding hydrogens is 404 g/mol. The Balaban J connectivity index is 1.35. The highest BCUT2D eigenvalue weighted by Gasteiger charge is 2.43. The summed E-state index contributed by atoms with van der Waals surface area (Å²) in [6.45, 7) is 4.23. The third-order valence-electron chi connectivity index (χ3n) is 6.63. The number of nitrogens with zero attached hydrogens (tertiary/aromatic N) is 4. The molecule has 3 heterocycles. The Hall–Kier alpha value is -3.23. The second-order valence-electron chi connectivity index (χ2n) is 8.52. The number of likely N-dealkylation sites (tertiary alicyclic amines) is 1. The Kier molecular flexibility index (Phi) is 4.39. The number of aryl methyl sites for hydroxylation is 2. The van der Waals surface area contributed by atoms with Gasteiger partial charge in [-0.2, -0.15) is 5.10 Å². The lowest BCUT2D eigenvalue weighted by Crippen LogP contribution is -2.48. The molecule has 5 rings (SSSR count). The molecule has 3 aliphatic rings. The van der Waals surface area contributed by atoms with Gasteiger partial charge in [0.25, 0.3) is 0 Å². The van der Waals surface area contributed by atoms with E-state index in [4.69, 9.17) is 0 Å². The van der Waals surface area contributed by atoms with Gasteiger partial charge >= 0.3 is 6.03 Å². The van der Waals surface area contributed by atoms with Crippen LogP contribution in [0.3, 0.4) is 0 Å². The molecule has 2 aliphatic heterocycles. The second kappa shape index (κ2) is 6.90. The SMILES string of the molecule is Cc1nn(C)c(C)c1C1=C[C@H]2C[C@@H]1N(C(=O)CN1Cc3c(ccc(F)c3F)NC1=O)C2. The van der Waals surface area contributed by atoms with E-state index >= 15 is 0 Å². The fourth-order valence-corrected chi connectivity index (χ4v) is 5.07. The number of amides is 3. The molecule has 7 nitrogen and oxygen atoms in total. The lowest BCUT2D eigenvalue weighted by Gasteiger charge is -2.33. The Morgan fingerprint density at radius 1 is 1.29 bits per heavy atom.